The Bertz CT molecular complexity index is 17.7. The van der Waals surface area contributed by atoms with Crippen LogP contribution < -0.4 is 0 Å². The molecule has 5 heteroatoms. The molecule has 0 aliphatic rings. The molecule has 0 saturated heterocycles. The van der Waals surface area contributed by atoms with E-state index >= 15 is 0 Å². The molecule has 1 radical (unpaired) electrons. The van der Waals surface area contributed by atoms with Gasteiger partial charge < -0.3 is 2.85 Å². The van der Waals surface area contributed by atoms with Crippen LogP contribution in [-0.4, -0.2) is 45.5 Å². The topological polar surface area (TPSA) is 17.1 Å². The van der Waals surface area contributed by atoms with E-state index < -0.39 is 0 Å². The Kier molecular flexibility index (Phi) is 120. The van der Waals surface area contributed by atoms with Gasteiger partial charge in [-0.25, -0.2) is 0 Å². The van der Waals surface area contributed by atoms with Gasteiger partial charge in [-0.3, -0.25) is 0 Å². The van der Waals surface area contributed by atoms with Crippen LogP contribution in [0.1, 0.15) is 2.85 Å². The summed E-state index contributed by atoms with van der Waals surface area (Å²) in [5.74, 6) is 0. The van der Waals surface area contributed by atoms with Crippen molar-refractivity contribution >= 4 is 45.5 Å². The smallest absolute Gasteiger partial charge is 2.00 e. The molecule has 0 saturated carbocycles. The van der Waals surface area contributed by atoms with E-state index in [0.29, 0.717) is 0 Å². The quantitative estimate of drug-likeness (QED) is 0.540. The summed E-state index contributed by atoms with van der Waals surface area (Å²) in [4.78, 5) is 0. The first-order chi connectivity index (χ1) is 1.00. The minimum Gasteiger partial charge on any atom is 2.00 e. The van der Waals surface area contributed by atoms with E-state index in [0.717, 1.165) is 0 Å². The molecule has 0 bridgehead atoms. The van der Waals surface area contributed by atoms with E-state index in [9.17, 15) is 0 Å². The number of hydrogen-bond donors (Lipinski definition) is 0. The van der Waals surface area contributed by atoms with Crippen LogP contribution >= 0.6 is 0 Å². The van der Waals surface area contributed by atoms with Gasteiger partial charge in [0.25, 0.3) is 0 Å². The average molecular weight is 366 g/mol. The molecular formula is H2FeLaOSrZn. The molecule has 0 spiro atoms. The molecule has 1 nitrogen and oxygen atoms in total. The van der Waals surface area contributed by atoms with Crippen molar-refractivity contribution in [1.29, 1.82) is 0 Å². The van der Waals surface area contributed by atoms with Crippen molar-refractivity contribution in [3.8, 4) is 0 Å². The van der Waals surface area contributed by atoms with Crippen molar-refractivity contribution in [2.45, 2.75) is 0 Å². The van der Waals surface area contributed by atoms with Gasteiger partial charge >= 0.3 is 67.3 Å². The van der Waals surface area contributed by atoms with E-state index in [4.69, 9.17) is 3.57 Å². The summed E-state index contributed by atoms with van der Waals surface area (Å²) >= 11 is 0.125. The Morgan fingerprint density at radius 1 is 1.40 bits per heavy atom. The molecule has 0 atom stereocenters. The summed E-state index contributed by atoms with van der Waals surface area (Å²) in [6.45, 7) is 0. The SMILES string of the molecule is [Fe].[H-].[H-].[La].[O]=[Zn].[Sr+2]. The Morgan fingerprint density at radius 3 is 1.40 bits per heavy atom. The van der Waals surface area contributed by atoms with Crippen LogP contribution in [0.2, 0.25) is 0 Å². The van der Waals surface area contributed by atoms with Crippen molar-refractivity contribution in [2.75, 3.05) is 0 Å². The summed E-state index contributed by atoms with van der Waals surface area (Å²) in [5.41, 5.74) is 0. The standard InChI is InChI=1S/Fe.La.O.Sr.Zn.2H/q;;;+2;;2*-1. The molecule has 5 heavy (non-hydrogen) atoms. The molecule has 0 aromatic carbocycles. The molecule has 0 aromatic rings. The predicted molar refractivity (Wildman–Crippen MR) is 8.66 cm³/mol. The fourth-order valence-corrected chi connectivity index (χ4v) is 0. The fraction of sp³-hybridized carbons (Fsp3) is 0. The second-order valence-electron chi connectivity index (χ2n) is 0. The molecular weight excluding hydrogens is 364 g/mol. The summed E-state index contributed by atoms with van der Waals surface area (Å²) in [5, 5.41) is 0. The zero-order valence-corrected chi connectivity index (χ0v) is 13.9. The van der Waals surface area contributed by atoms with Crippen LogP contribution in [0.15, 0.2) is 0 Å². The van der Waals surface area contributed by atoms with Crippen LogP contribution in [-0.2, 0) is 38.9 Å². The summed E-state index contributed by atoms with van der Waals surface area (Å²) in [6.07, 6.45) is 0. The van der Waals surface area contributed by atoms with Gasteiger partial charge in [-0.2, -0.15) is 0 Å². The second-order valence-corrected chi connectivity index (χ2v) is 0. The van der Waals surface area contributed by atoms with Crippen LogP contribution in [0.3, 0.4) is 0 Å². The van der Waals surface area contributed by atoms with Gasteiger partial charge in [0.05, 0.1) is 0 Å². The van der Waals surface area contributed by atoms with Gasteiger partial charge in [-0.15, -0.1) is 0 Å². The third-order valence-electron chi connectivity index (χ3n) is 0. The van der Waals surface area contributed by atoms with E-state index in [1.807, 2.05) is 0 Å². The monoisotopic (exact) mass is 365 g/mol. The number of hydrogen-bond acceptors (Lipinski definition) is 1. The zero-order chi connectivity index (χ0) is 2.00. The molecule has 0 rings (SSSR count). The van der Waals surface area contributed by atoms with Gasteiger partial charge in [0, 0.05) is 52.7 Å². The van der Waals surface area contributed by atoms with Crippen LogP contribution in [0.4, 0.5) is 0 Å². The molecule has 0 heterocycles. The van der Waals surface area contributed by atoms with Crippen molar-refractivity contribution in [2.24, 2.45) is 0 Å². The Labute approximate surface area is 120 Å². The normalized spacial score (nSPS) is 1.20. The van der Waals surface area contributed by atoms with E-state index in [-0.39, 0.29) is 119 Å². The minimum absolute atomic E-state index is 0. The Hall–Kier alpha value is 3.62. The second kappa shape index (κ2) is 25.5. The summed E-state index contributed by atoms with van der Waals surface area (Å²) < 4.78 is 8.38. The molecule has 0 amide bonds. The Morgan fingerprint density at radius 2 is 1.40 bits per heavy atom. The largest absolute Gasteiger partial charge is 2.00 e. The maximum atomic E-state index is 8.38. The van der Waals surface area contributed by atoms with Gasteiger partial charge in [0.1, 0.15) is 0 Å². The van der Waals surface area contributed by atoms with Gasteiger partial charge in [0.2, 0.25) is 0 Å². The number of rotatable bonds is 0. The minimum atomic E-state index is 0. The van der Waals surface area contributed by atoms with Crippen LogP contribution in [0.25, 0.3) is 0 Å². The molecule has 0 N–H and O–H groups in total. The third kappa shape index (κ3) is 18.4. The third-order valence-corrected chi connectivity index (χ3v) is 0. The first-order valence-electron chi connectivity index (χ1n) is 0.289. The fourth-order valence-electron chi connectivity index (χ4n) is 0. The van der Waals surface area contributed by atoms with Gasteiger partial charge in [-0.1, -0.05) is 0 Å². The molecule has 0 aromatic heterocycles. The maximum absolute atomic E-state index is 8.38. The van der Waals surface area contributed by atoms with Crippen LogP contribution in [0.5, 0.6) is 0 Å². The van der Waals surface area contributed by atoms with Gasteiger partial charge in [0.15, 0.2) is 0 Å². The first-order valence-corrected chi connectivity index (χ1v) is 1.50. The molecule has 0 fully saturated rings. The van der Waals surface area contributed by atoms with Crippen molar-refractivity contribution in [1.82, 2.24) is 0 Å². The first kappa shape index (κ1) is 23.5. The zero-order valence-electron chi connectivity index (χ0n) is 4.75. The summed E-state index contributed by atoms with van der Waals surface area (Å²) in [6, 6.07) is 0. The van der Waals surface area contributed by atoms with Crippen molar-refractivity contribution in [3.05, 3.63) is 0 Å². The molecule has 23 valence electrons. The molecule has 0 aliphatic carbocycles. The van der Waals surface area contributed by atoms with Crippen LogP contribution in [0, 0.1) is 35.6 Å². The molecule has 0 aliphatic heterocycles. The van der Waals surface area contributed by atoms with E-state index in [1.165, 1.54) is 0 Å². The maximum Gasteiger partial charge on any atom is 2.00 e. The Balaban J connectivity index is -0.000000000500. The van der Waals surface area contributed by atoms with Gasteiger partial charge in [-0.05, 0) is 0 Å². The van der Waals surface area contributed by atoms with E-state index in [1.54, 1.807) is 0 Å². The summed E-state index contributed by atoms with van der Waals surface area (Å²) in [7, 11) is 0. The van der Waals surface area contributed by atoms with E-state index in [2.05, 4.69) is 0 Å². The predicted octanol–water partition coefficient (Wildman–Crippen LogP) is -0.280. The van der Waals surface area contributed by atoms with Crippen molar-refractivity contribution in [3.63, 3.8) is 0 Å². The van der Waals surface area contributed by atoms with Crippen molar-refractivity contribution < 1.29 is 77.3 Å². The molecule has 0 unspecified atom stereocenters. The average Bonchev–Trinajstić information content (AvgIpc) is 1.00.